The molecule has 0 unspecified atom stereocenters. The molecule has 0 saturated heterocycles. The topological polar surface area (TPSA) is 67.5 Å². The fraction of sp³-hybridized carbons (Fsp3) is 0.0909. The Bertz CT molecular complexity index is 733. The van der Waals surface area contributed by atoms with Gasteiger partial charge < -0.3 is 9.52 Å². The molecular formula is C11H6BF3O4. The van der Waals surface area contributed by atoms with Crippen molar-refractivity contribution in [2.75, 3.05) is 0 Å². The monoisotopic (exact) mass is 270 g/mol. The van der Waals surface area contributed by atoms with Gasteiger partial charge in [0.1, 0.15) is 19.2 Å². The summed E-state index contributed by atoms with van der Waals surface area (Å²) in [5.41, 5.74) is -2.31. The van der Waals surface area contributed by atoms with Crippen molar-refractivity contribution in [3.05, 3.63) is 34.2 Å². The molecule has 1 heterocycles. The van der Waals surface area contributed by atoms with E-state index in [4.69, 9.17) is 0 Å². The van der Waals surface area contributed by atoms with Crippen LogP contribution in [0.2, 0.25) is 0 Å². The zero-order valence-corrected chi connectivity index (χ0v) is 9.54. The zero-order chi connectivity index (χ0) is 14.4. The van der Waals surface area contributed by atoms with E-state index in [9.17, 15) is 27.9 Å². The smallest absolute Gasteiger partial charge is 0.455 e. The Labute approximate surface area is 104 Å². The molecule has 1 aromatic heterocycles. The van der Waals surface area contributed by atoms with E-state index in [0.29, 0.717) is 5.46 Å². The van der Waals surface area contributed by atoms with Gasteiger partial charge in [-0.3, -0.25) is 4.79 Å². The summed E-state index contributed by atoms with van der Waals surface area (Å²) in [4.78, 5) is 22.5. The minimum atomic E-state index is -5.26. The van der Waals surface area contributed by atoms with Crippen LogP contribution in [0.3, 0.4) is 0 Å². The highest BCUT2D eigenvalue weighted by molar-refractivity contribution is 6.33. The molecule has 0 radical (unpaired) electrons. The number of ketones is 1. The van der Waals surface area contributed by atoms with Crippen LogP contribution >= 0.6 is 0 Å². The number of alkyl halides is 3. The lowest BCUT2D eigenvalue weighted by Gasteiger charge is -2.08. The summed E-state index contributed by atoms with van der Waals surface area (Å²) in [7, 11) is 1.67. The molecule has 0 saturated carbocycles. The minimum absolute atomic E-state index is 0.0822. The van der Waals surface area contributed by atoms with E-state index in [1.54, 1.807) is 7.85 Å². The molecule has 4 nitrogen and oxygen atoms in total. The summed E-state index contributed by atoms with van der Waals surface area (Å²) >= 11 is 0. The molecule has 0 aliphatic heterocycles. The zero-order valence-electron chi connectivity index (χ0n) is 9.54. The first-order valence-corrected chi connectivity index (χ1v) is 5.10. The number of rotatable bonds is 1. The SMILES string of the molecule is Bc1ccc2c(O)c(C(=O)C(F)(F)F)c(=O)oc2c1. The van der Waals surface area contributed by atoms with Gasteiger partial charge in [-0.2, -0.15) is 13.2 Å². The van der Waals surface area contributed by atoms with Crippen LogP contribution in [0.25, 0.3) is 11.0 Å². The molecule has 1 N–H and O–H groups in total. The van der Waals surface area contributed by atoms with Crippen molar-refractivity contribution in [2.45, 2.75) is 6.18 Å². The molecular weight excluding hydrogens is 264 g/mol. The summed E-state index contributed by atoms with van der Waals surface area (Å²) in [6.45, 7) is 0. The van der Waals surface area contributed by atoms with E-state index in [1.807, 2.05) is 0 Å². The molecule has 8 heteroatoms. The Morgan fingerprint density at radius 2 is 1.95 bits per heavy atom. The fourth-order valence-electron chi connectivity index (χ4n) is 1.63. The molecule has 0 spiro atoms. The van der Waals surface area contributed by atoms with Gasteiger partial charge in [0.15, 0.2) is 5.56 Å². The Kier molecular flexibility index (Phi) is 2.88. The molecule has 0 aliphatic carbocycles. The van der Waals surface area contributed by atoms with E-state index in [1.165, 1.54) is 18.2 Å². The summed E-state index contributed by atoms with van der Waals surface area (Å²) in [5.74, 6) is -3.45. The van der Waals surface area contributed by atoms with Crippen molar-refractivity contribution in [1.82, 2.24) is 0 Å². The lowest BCUT2D eigenvalue weighted by molar-refractivity contribution is -0.0888. The van der Waals surface area contributed by atoms with E-state index in [0.717, 1.165) is 0 Å². The maximum absolute atomic E-state index is 12.3. The largest absolute Gasteiger partial charge is 0.506 e. The van der Waals surface area contributed by atoms with Crippen LogP contribution in [0.5, 0.6) is 5.75 Å². The average molecular weight is 270 g/mol. The third kappa shape index (κ3) is 2.21. The third-order valence-electron chi connectivity index (χ3n) is 2.52. The number of fused-ring (bicyclic) bond motifs is 1. The second-order valence-corrected chi connectivity index (χ2v) is 3.94. The van der Waals surface area contributed by atoms with Gasteiger partial charge in [-0.25, -0.2) is 4.79 Å². The molecule has 98 valence electrons. The predicted molar refractivity (Wildman–Crippen MR) is 62.7 cm³/mol. The molecule has 2 aromatic rings. The van der Waals surface area contributed by atoms with Gasteiger partial charge in [-0.15, -0.1) is 0 Å². The molecule has 19 heavy (non-hydrogen) atoms. The predicted octanol–water partition coefficient (Wildman–Crippen LogP) is 0.502. The number of hydrogen-bond donors (Lipinski definition) is 1. The van der Waals surface area contributed by atoms with Crippen molar-refractivity contribution < 1.29 is 27.5 Å². The van der Waals surface area contributed by atoms with Gasteiger partial charge in [-0.05, 0) is 12.1 Å². The standard InChI is InChI=1S/C11H6BF3O4/c12-4-1-2-5-6(3-4)19-10(18)7(8(5)16)9(17)11(13,14)15/h1-3,16H,12H2. The van der Waals surface area contributed by atoms with Crippen LogP contribution in [0.4, 0.5) is 13.2 Å². The second kappa shape index (κ2) is 4.15. The number of benzene rings is 1. The van der Waals surface area contributed by atoms with E-state index >= 15 is 0 Å². The summed E-state index contributed by atoms with van der Waals surface area (Å²) in [6.07, 6.45) is -5.26. The average Bonchev–Trinajstić information content (AvgIpc) is 2.26. The molecule has 0 amide bonds. The Hall–Kier alpha value is -2.25. The third-order valence-corrected chi connectivity index (χ3v) is 2.52. The molecule has 0 aliphatic rings. The molecule has 0 bridgehead atoms. The molecule has 1 aromatic carbocycles. The maximum atomic E-state index is 12.3. The Morgan fingerprint density at radius 3 is 2.53 bits per heavy atom. The van der Waals surface area contributed by atoms with Crippen molar-refractivity contribution in [3.8, 4) is 5.75 Å². The fourth-order valence-corrected chi connectivity index (χ4v) is 1.63. The van der Waals surface area contributed by atoms with Crippen molar-refractivity contribution in [1.29, 1.82) is 0 Å². The van der Waals surface area contributed by atoms with Crippen molar-refractivity contribution >= 4 is 30.1 Å². The van der Waals surface area contributed by atoms with Gasteiger partial charge in [0.25, 0.3) is 5.78 Å². The van der Waals surface area contributed by atoms with Gasteiger partial charge in [-0.1, -0.05) is 11.5 Å². The summed E-state index contributed by atoms with van der Waals surface area (Å²) in [6, 6.07) is 4.15. The van der Waals surface area contributed by atoms with Crippen LogP contribution in [-0.4, -0.2) is 24.9 Å². The van der Waals surface area contributed by atoms with Gasteiger partial charge in [0.05, 0.1) is 5.39 Å². The lowest BCUT2D eigenvalue weighted by Crippen LogP contribution is -2.28. The Balaban J connectivity index is 2.81. The number of hydrogen-bond acceptors (Lipinski definition) is 4. The van der Waals surface area contributed by atoms with Crippen LogP contribution in [0, 0.1) is 0 Å². The van der Waals surface area contributed by atoms with Crippen LogP contribution in [0.15, 0.2) is 27.4 Å². The van der Waals surface area contributed by atoms with Gasteiger partial charge in [0.2, 0.25) is 0 Å². The first-order chi connectivity index (χ1) is 8.71. The van der Waals surface area contributed by atoms with Gasteiger partial charge >= 0.3 is 11.8 Å². The summed E-state index contributed by atoms with van der Waals surface area (Å²) in [5, 5.41) is 9.55. The maximum Gasteiger partial charge on any atom is 0.455 e. The van der Waals surface area contributed by atoms with E-state index in [2.05, 4.69) is 4.42 Å². The molecule has 0 fully saturated rings. The lowest BCUT2D eigenvalue weighted by atomic mass is 9.95. The number of carbonyl (C=O) groups is 1. The summed E-state index contributed by atoms with van der Waals surface area (Å²) < 4.78 is 41.6. The quantitative estimate of drug-likeness (QED) is 0.465. The van der Waals surface area contributed by atoms with E-state index in [-0.39, 0.29) is 11.0 Å². The van der Waals surface area contributed by atoms with Crippen molar-refractivity contribution in [3.63, 3.8) is 0 Å². The number of aromatic hydroxyl groups is 1. The Morgan fingerprint density at radius 1 is 1.32 bits per heavy atom. The first-order valence-electron chi connectivity index (χ1n) is 5.10. The number of carbonyl (C=O) groups excluding carboxylic acids is 1. The molecule has 0 atom stereocenters. The van der Waals surface area contributed by atoms with Crippen LogP contribution in [-0.2, 0) is 0 Å². The number of halogens is 3. The van der Waals surface area contributed by atoms with Gasteiger partial charge in [0, 0.05) is 0 Å². The van der Waals surface area contributed by atoms with Crippen molar-refractivity contribution in [2.24, 2.45) is 0 Å². The van der Waals surface area contributed by atoms with E-state index < -0.39 is 28.9 Å². The normalized spacial score (nSPS) is 11.7. The minimum Gasteiger partial charge on any atom is -0.506 e. The van der Waals surface area contributed by atoms with Crippen LogP contribution in [0.1, 0.15) is 10.4 Å². The second-order valence-electron chi connectivity index (χ2n) is 3.94. The highest BCUT2D eigenvalue weighted by Gasteiger charge is 2.43. The first kappa shape index (κ1) is 13.2. The number of Topliss-reactive ketones (excluding diaryl/α,β-unsaturated/α-hetero) is 1. The highest BCUT2D eigenvalue weighted by Crippen LogP contribution is 2.30. The van der Waals surface area contributed by atoms with Crippen LogP contribution < -0.4 is 11.1 Å². The highest BCUT2D eigenvalue weighted by atomic mass is 19.4. The molecule has 2 rings (SSSR count).